The molecule has 5 nitrogen and oxygen atoms in total. The molecule has 1 N–H and O–H groups in total. The van der Waals surface area contributed by atoms with Crippen LogP contribution in [0.3, 0.4) is 0 Å². The normalized spacial score (nSPS) is 9.94. The molecule has 1 aromatic carbocycles. The van der Waals surface area contributed by atoms with Crippen molar-refractivity contribution in [3.63, 3.8) is 0 Å². The molecule has 0 aliphatic carbocycles. The summed E-state index contributed by atoms with van der Waals surface area (Å²) in [6.07, 6.45) is 3.24. The number of benzene rings is 1. The molecule has 1 heterocycles. The predicted molar refractivity (Wildman–Crippen MR) is 63.8 cm³/mol. The van der Waals surface area contributed by atoms with Crippen molar-refractivity contribution in [1.29, 1.82) is 5.26 Å². The zero-order valence-electron chi connectivity index (χ0n) is 9.58. The van der Waals surface area contributed by atoms with Gasteiger partial charge < -0.3 is 9.67 Å². The van der Waals surface area contributed by atoms with Crippen LogP contribution < -0.4 is 0 Å². The summed E-state index contributed by atoms with van der Waals surface area (Å²) in [6, 6.07) is 9.23. The van der Waals surface area contributed by atoms with Gasteiger partial charge in [0.15, 0.2) is 0 Å². The number of carboxylic acids is 1. The number of aromatic nitrogens is 2. The summed E-state index contributed by atoms with van der Waals surface area (Å²) in [5.41, 5.74) is 1.61. The van der Waals surface area contributed by atoms with E-state index in [4.69, 9.17) is 10.4 Å². The Hall–Kier alpha value is -2.61. The van der Waals surface area contributed by atoms with Crippen LogP contribution in [0.1, 0.15) is 17.0 Å². The van der Waals surface area contributed by atoms with E-state index in [1.807, 2.05) is 12.1 Å². The highest BCUT2D eigenvalue weighted by Crippen LogP contribution is 2.08. The highest BCUT2D eigenvalue weighted by molar-refractivity contribution is 5.69. The van der Waals surface area contributed by atoms with E-state index < -0.39 is 5.97 Å². The molecule has 0 amide bonds. The van der Waals surface area contributed by atoms with E-state index in [2.05, 4.69) is 11.1 Å². The number of carboxylic acid groups (broad SMARTS) is 1. The second-order valence-corrected chi connectivity index (χ2v) is 3.85. The third-order valence-electron chi connectivity index (χ3n) is 2.55. The lowest BCUT2D eigenvalue weighted by atomic mass is 10.1. The third-order valence-corrected chi connectivity index (χ3v) is 2.55. The van der Waals surface area contributed by atoms with Gasteiger partial charge >= 0.3 is 5.97 Å². The molecule has 0 bridgehead atoms. The number of nitriles is 1. The lowest BCUT2D eigenvalue weighted by Crippen LogP contribution is -2.09. The molecule has 0 unspecified atom stereocenters. The molecule has 0 atom stereocenters. The van der Waals surface area contributed by atoms with Crippen LogP contribution in [0.4, 0.5) is 0 Å². The number of hydrogen-bond acceptors (Lipinski definition) is 3. The lowest BCUT2D eigenvalue weighted by Gasteiger charge is -2.06. The first-order valence-electron chi connectivity index (χ1n) is 5.40. The lowest BCUT2D eigenvalue weighted by molar-refractivity contribution is -0.136. The van der Waals surface area contributed by atoms with Crippen molar-refractivity contribution in [2.24, 2.45) is 0 Å². The van der Waals surface area contributed by atoms with Gasteiger partial charge in [-0.3, -0.25) is 4.79 Å². The van der Waals surface area contributed by atoms with E-state index in [0.29, 0.717) is 17.9 Å². The van der Waals surface area contributed by atoms with Gasteiger partial charge in [0, 0.05) is 18.9 Å². The maximum Gasteiger partial charge on any atom is 0.311 e. The quantitative estimate of drug-likeness (QED) is 0.878. The average Bonchev–Trinajstić information content (AvgIpc) is 2.77. The molecular formula is C13H11N3O2. The summed E-state index contributed by atoms with van der Waals surface area (Å²) in [7, 11) is 0. The van der Waals surface area contributed by atoms with E-state index in [1.165, 1.54) is 0 Å². The average molecular weight is 241 g/mol. The SMILES string of the molecule is N#Cc1ccc(Cn2ccnc2CC(=O)O)cc1. The fraction of sp³-hybridized carbons (Fsp3) is 0.154. The van der Waals surface area contributed by atoms with E-state index in [-0.39, 0.29) is 6.42 Å². The third kappa shape index (κ3) is 2.74. The van der Waals surface area contributed by atoms with Gasteiger partial charge in [0.2, 0.25) is 0 Å². The van der Waals surface area contributed by atoms with Crippen molar-refractivity contribution in [2.45, 2.75) is 13.0 Å². The molecule has 0 radical (unpaired) electrons. The highest BCUT2D eigenvalue weighted by atomic mass is 16.4. The van der Waals surface area contributed by atoms with Crippen molar-refractivity contribution in [3.05, 3.63) is 53.6 Å². The number of imidazole rings is 1. The largest absolute Gasteiger partial charge is 0.481 e. The maximum absolute atomic E-state index is 10.7. The van der Waals surface area contributed by atoms with Crippen LogP contribution in [-0.2, 0) is 17.8 Å². The summed E-state index contributed by atoms with van der Waals surface area (Å²) in [4.78, 5) is 14.7. The smallest absolute Gasteiger partial charge is 0.311 e. The van der Waals surface area contributed by atoms with Gasteiger partial charge in [-0.1, -0.05) is 12.1 Å². The van der Waals surface area contributed by atoms with Gasteiger partial charge in [-0.25, -0.2) is 4.98 Å². The van der Waals surface area contributed by atoms with E-state index in [0.717, 1.165) is 5.56 Å². The Bertz CT molecular complexity index is 593. The number of carbonyl (C=O) groups is 1. The van der Waals surface area contributed by atoms with Gasteiger partial charge in [0.1, 0.15) is 12.2 Å². The van der Waals surface area contributed by atoms with Crippen molar-refractivity contribution >= 4 is 5.97 Å². The molecule has 0 aliphatic rings. The molecule has 2 rings (SSSR count). The number of aliphatic carboxylic acids is 1. The zero-order chi connectivity index (χ0) is 13.0. The molecule has 0 saturated carbocycles. The summed E-state index contributed by atoms with van der Waals surface area (Å²) in [6.45, 7) is 0.550. The van der Waals surface area contributed by atoms with Crippen LogP contribution in [0.15, 0.2) is 36.7 Å². The Morgan fingerprint density at radius 2 is 2.11 bits per heavy atom. The molecule has 0 fully saturated rings. The molecule has 2 aromatic rings. The second kappa shape index (κ2) is 5.15. The molecule has 18 heavy (non-hydrogen) atoms. The van der Waals surface area contributed by atoms with Gasteiger partial charge in [0.05, 0.1) is 11.6 Å². The molecule has 0 aliphatic heterocycles. The second-order valence-electron chi connectivity index (χ2n) is 3.85. The Morgan fingerprint density at radius 3 is 2.72 bits per heavy atom. The van der Waals surface area contributed by atoms with Crippen LogP contribution in [0, 0.1) is 11.3 Å². The molecule has 1 aromatic heterocycles. The van der Waals surface area contributed by atoms with Gasteiger partial charge in [-0.2, -0.15) is 5.26 Å². The Labute approximate surface area is 104 Å². The van der Waals surface area contributed by atoms with Gasteiger partial charge in [0.25, 0.3) is 0 Å². The number of nitrogens with zero attached hydrogens (tertiary/aromatic N) is 3. The van der Waals surface area contributed by atoms with E-state index >= 15 is 0 Å². The van der Waals surface area contributed by atoms with E-state index in [1.54, 1.807) is 29.1 Å². The topological polar surface area (TPSA) is 78.9 Å². The van der Waals surface area contributed by atoms with Crippen LogP contribution in [-0.4, -0.2) is 20.6 Å². The number of hydrogen-bond donors (Lipinski definition) is 1. The maximum atomic E-state index is 10.7. The predicted octanol–water partition coefficient (Wildman–Crippen LogP) is 1.43. The minimum absolute atomic E-state index is 0.0940. The minimum atomic E-state index is -0.901. The van der Waals surface area contributed by atoms with Gasteiger partial charge in [-0.05, 0) is 17.7 Å². The summed E-state index contributed by atoms with van der Waals surface area (Å²) >= 11 is 0. The monoisotopic (exact) mass is 241 g/mol. The first kappa shape index (κ1) is 11.9. The Morgan fingerprint density at radius 1 is 1.39 bits per heavy atom. The van der Waals surface area contributed by atoms with Crippen LogP contribution in [0.2, 0.25) is 0 Å². The molecule has 90 valence electrons. The van der Waals surface area contributed by atoms with Crippen LogP contribution in [0.5, 0.6) is 0 Å². The summed E-state index contributed by atoms with van der Waals surface area (Å²) in [5, 5.41) is 17.5. The molecule has 5 heteroatoms. The van der Waals surface area contributed by atoms with E-state index in [9.17, 15) is 4.79 Å². The first-order valence-corrected chi connectivity index (χ1v) is 5.40. The highest BCUT2D eigenvalue weighted by Gasteiger charge is 2.07. The van der Waals surface area contributed by atoms with Crippen molar-refractivity contribution < 1.29 is 9.90 Å². The Balaban J connectivity index is 2.16. The summed E-state index contributed by atoms with van der Waals surface area (Å²) < 4.78 is 1.79. The molecule has 0 saturated heterocycles. The fourth-order valence-corrected chi connectivity index (χ4v) is 1.67. The van der Waals surface area contributed by atoms with Crippen molar-refractivity contribution in [3.8, 4) is 6.07 Å². The van der Waals surface area contributed by atoms with Crippen LogP contribution >= 0.6 is 0 Å². The summed E-state index contributed by atoms with van der Waals surface area (Å²) in [5.74, 6) is -0.380. The van der Waals surface area contributed by atoms with Gasteiger partial charge in [-0.15, -0.1) is 0 Å². The molecular weight excluding hydrogens is 230 g/mol. The van der Waals surface area contributed by atoms with Crippen molar-refractivity contribution in [1.82, 2.24) is 9.55 Å². The minimum Gasteiger partial charge on any atom is -0.481 e. The zero-order valence-corrected chi connectivity index (χ0v) is 9.58. The number of rotatable bonds is 4. The van der Waals surface area contributed by atoms with Crippen molar-refractivity contribution in [2.75, 3.05) is 0 Å². The molecule has 0 spiro atoms. The standard InChI is InChI=1S/C13H11N3O2/c14-8-10-1-3-11(4-2-10)9-16-6-5-15-12(16)7-13(17)18/h1-6H,7,9H2,(H,17,18). The van der Waals surface area contributed by atoms with Crippen LogP contribution in [0.25, 0.3) is 0 Å². The first-order chi connectivity index (χ1) is 8.69. The Kier molecular flexibility index (Phi) is 3.39. The fourth-order valence-electron chi connectivity index (χ4n) is 1.67.